The minimum atomic E-state index is -3.78. The first-order valence-corrected chi connectivity index (χ1v) is 9.21. The second-order valence-corrected chi connectivity index (χ2v) is 8.39. The molecule has 1 aliphatic heterocycles. The Morgan fingerprint density at radius 3 is 2.75 bits per heavy atom. The summed E-state index contributed by atoms with van der Waals surface area (Å²) in [5.41, 5.74) is -0.0996. The van der Waals surface area contributed by atoms with Crippen molar-refractivity contribution in [3.05, 3.63) is 12.0 Å². The molecule has 7 heteroatoms. The lowest BCUT2D eigenvalue weighted by molar-refractivity contribution is -0.0220. The maximum absolute atomic E-state index is 11.4. The predicted octanol–water partition coefficient (Wildman–Crippen LogP) is 2.72. The molecule has 1 fully saturated rings. The topological polar surface area (TPSA) is 61.2 Å². The van der Waals surface area contributed by atoms with Crippen LogP contribution in [0.3, 0.4) is 0 Å². The van der Waals surface area contributed by atoms with Gasteiger partial charge < -0.3 is 9.30 Å². The molecule has 0 N–H and O–H groups in total. The van der Waals surface area contributed by atoms with Gasteiger partial charge in [0.05, 0.1) is 18.2 Å². The molecule has 1 aromatic rings. The summed E-state index contributed by atoms with van der Waals surface area (Å²) in [6, 6.07) is 0. The fourth-order valence-electron chi connectivity index (χ4n) is 2.55. The van der Waals surface area contributed by atoms with Crippen molar-refractivity contribution in [3.8, 4) is 0 Å². The zero-order chi connectivity index (χ0) is 15.0. The van der Waals surface area contributed by atoms with E-state index in [1.54, 1.807) is 0 Å². The monoisotopic (exact) mass is 320 g/mol. The third-order valence-corrected chi connectivity index (χ3v) is 4.69. The summed E-state index contributed by atoms with van der Waals surface area (Å²) < 4.78 is 30.6. The lowest BCUT2D eigenvalue weighted by Gasteiger charge is -2.20. The number of hydrogen-bond acceptors (Lipinski definition) is 4. The van der Waals surface area contributed by atoms with Crippen LogP contribution in [0.25, 0.3) is 0 Å². The lowest BCUT2D eigenvalue weighted by atomic mass is 10.1. The Morgan fingerprint density at radius 2 is 2.25 bits per heavy atom. The van der Waals surface area contributed by atoms with Crippen molar-refractivity contribution in [2.45, 2.75) is 69.7 Å². The number of halogens is 1. The summed E-state index contributed by atoms with van der Waals surface area (Å²) in [5.74, 6) is 0.750. The molecular formula is C13H21ClN2O3S. The number of rotatable bonds is 5. The van der Waals surface area contributed by atoms with E-state index >= 15 is 0 Å². The van der Waals surface area contributed by atoms with Crippen LogP contribution >= 0.6 is 10.7 Å². The number of hydrogen-bond donors (Lipinski definition) is 0. The Bertz CT molecular complexity index is 580. The van der Waals surface area contributed by atoms with Crippen LogP contribution in [0.5, 0.6) is 0 Å². The third kappa shape index (κ3) is 3.74. The van der Waals surface area contributed by atoms with Crippen molar-refractivity contribution in [1.29, 1.82) is 0 Å². The summed E-state index contributed by atoms with van der Waals surface area (Å²) in [6.07, 6.45) is 5.22. The van der Waals surface area contributed by atoms with Crippen molar-refractivity contribution in [3.63, 3.8) is 0 Å². The highest BCUT2D eigenvalue weighted by Gasteiger charge is 2.32. The number of aromatic nitrogens is 2. The van der Waals surface area contributed by atoms with Crippen LogP contribution in [0.2, 0.25) is 0 Å². The highest BCUT2D eigenvalue weighted by Crippen LogP contribution is 2.30. The number of ether oxygens (including phenoxy) is 1. The molecule has 1 saturated heterocycles. The lowest BCUT2D eigenvalue weighted by Crippen LogP contribution is -2.23. The Labute approximate surface area is 124 Å². The zero-order valence-corrected chi connectivity index (χ0v) is 13.7. The zero-order valence-electron chi connectivity index (χ0n) is 12.1. The van der Waals surface area contributed by atoms with Gasteiger partial charge in [0.1, 0.15) is 5.82 Å². The van der Waals surface area contributed by atoms with Gasteiger partial charge in [-0.25, -0.2) is 13.4 Å². The van der Waals surface area contributed by atoms with Crippen LogP contribution in [-0.2, 0) is 26.8 Å². The van der Waals surface area contributed by atoms with E-state index in [0.29, 0.717) is 6.54 Å². The van der Waals surface area contributed by atoms with Gasteiger partial charge in [0, 0.05) is 23.3 Å². The van der Waals surface area contributed by atoms with Crippen molar-refractivity contribution < 1.29 is 13.2 Å². The molecule has 1 aliphatic rings. The molecule has 0 spiro atoms. The largest absolute Gasteiger partial charge is 0.370 e. The van der Waals surface area contributed by atoms with Crippen LogP contribution in [0.15, 0.2) is 11.2 Å². The van der Waals surface area contributed by atoms with Gasteiger partial charge in [-0.2, -0.15) is 0 Å². The molecule has 2 heterocycles. The van der Waals surface area contributed by atoms with Crippen LogP contribution in [-0.4, -0.2) is 29.7 Å². The van der Waals surface area contributed by atoms with Crippen LogP contribution in [0.1, 0.15) is 45.9 Å². The average Bonchev–Trinajstić information content (AvgIpc) is 2.84. The highest BCUT2D eigenvalue weighted by atomic mass is 35.7. The first-order valence-electron chi connectivity index (χ1n) is 6.90. The summed E-state index contributed by atoms with van der Waals surface area (Å²) in [4.78, 5) is 4.14. The maximum atomic E-state index is 11.4. The molecule has 0 amide bonds. The number of nitrogens with zero attached hydrogens (tertiary/aromatic N) is 2. The molecule has 20 heavy (non-hydrogen) atoms. The van der Waals surface area contributed by atoms with Crippen LogP contribution in [0.4, 0.5) is 0 Å². The van der Waals surface area contributed by atoms with Crippen molar-refractivity contribution in [1.82, 2.24) is 9.55 Å². The Balaban J connectivity index is 2.20. The van der Waals surface area contributed by atoms with E-state index in [2.05, 4.69) is 18.8 Å². The van der Waals surface area contributed by atoms with E-state index in [0.717, 1.165) is 31.5 Å². The van der Waals surface area contributed by atoms with Gasteiger partial charge in [-0.3, -0.25) is 0 Å². The van der Waals surface area contributed by atoms with E-state index in [9.17, 15) is 8.42 Å². The van der Waals surface area contributed by atoms with E-state index in [1.807, 2.05) is 11.5 Å². The predicted molar refractivity (Wildman–Crippen MR) is 77.4 cm³/mol. The molecule has 114 valence electrons. The first-order chi connectivity index (χ1) is 9.21. The molecule has 0 aliphatic carbocycles. The second-order valence-electron chi connectivity index (χ2n) is 5.87. The molecule has 1 atom stereocenters. The van der Waals surface area contributed by atoms with Gasteiger partial charge in [0.25, 0.3) is 9.05 Å². The van der Waals surface area contributed by atoms with Crippen molar-refractivity contribution in [2.75, 3.05) is 0 Å². The SMILES string of the molecule is CCCc1nc(S(=O)(=O)Cl)cn1CC1CCC(C)(C)O1. The summed E-state index contributed by atoms with van der Waals surface area (Å²) >= 11 is 0. The van der Waals surface area contributed by atoms with Gasteiger partial charge in [-0.05, 0) is 33.1 Å². The van der Waals surface area contributed by atoms with E-state index in [1.165, 1.54) is 6.20 Å². The highest BCUT2D eigenvalue weighted by molar-refractivity contribution is 8.13. The fraction of sp³-hybridized carbons (Fsp3) is 0.769. The van der Waals surface area contributed by atoms with Crippen LogP contribution < -0.4 is 0 Å². The number of imidazole rings is 1. The summed E-state index contributed by atoms with van der Waals surface area (Å²) in [6.45, 7) is 6.80. The minimum Gasteiger partial charge on any atom is -0.370 e. The van der Waals surface area contributed by atoms with E-state index < -0.39 is 9.05 Å². The van der Waals surface area contributed by atoms with Crippen LogP contribution in [0, 0.1) is 0 Å². The quantitative estimate of drug-likeness (QED) is 0.783. The first kappa shape index (κ1) is 15.8. The second kappa shape index (κ2) is 5.66. The van der Waals surface area contributed by atoms with Gasteiger partial charge in [-0.15, -0.1) is 0 Å². The van der Waals surface area contributed by atoms with Gasteiger partial charge >= 0.3 is 0 Å². The smallest absolute Gasteiger partial charge is 0.280 e. The molecular weight excluding hydrogens is 300 g/mol. The standard InChI is InChI=1S/C13H21ClN2O3S/c1-4-5-11-15-12(20(14,17)18)9-16(11)8-10-6-7-13(2,3)19-10/h9-10H,4-8H2,1-3H3. The summed E-state index contributed by atoms with van der Waals surface area (Å²) in [5, 5.41) is -0.0696. The Hall–Kier alpha value is -0.590. The van der Waals surface area contributed by atoms with Crippen molar-refractivity contribution >= 4 is 19.7 Å². The van der Waals surface area contributed by atoms with E-state index in [4.69, 9.17) is 15.4 Å². The summed E-state index contributed by atoms with van der Waals surface area (Å²) in [7, 11) is 1.59. The maximum Gasteiger partial charge on any atom is 0.280 e. The molecule has 0 bridgehead atoms. The normalized spacial score (nSPS) is 22.3. The van der Waals surface area contributed by atoms with Gasteiger partial charge in [0.2, 0.25) is 0 Å². The Morgan fingerprint density at radius 1 is 1.55 bits per heavy atom. The third-order valence-electron chi connectivity index (χ3n) is 3.51. The molecule has 5 nitrogen and oxygen atoms in total. The molecule has 2 rings (SSSR count). The van der Waals surface area contributed by atoms with E-state index in [-0.39, 0.29) is 16.7 Å². The molecule has 1 unspecified atom stereocenters. The average molecular weight is 321 g/mol. The molecule has 1 aromatic heterocycles. The molecule has 0 saturated carbocycles. The number of aryl methyl sites for hydroxylation is 1. The minimum absolute atomic E-state index is 0.0696. The molecule has 0 aromatic carbocycles. The van der Waals surface area contributed by atoms with Gasteiger partial charge in [0.15, 0.2) is 5.03 Å². The fourth-order valence-corrected chi connectivity index (χ4v) is 3.24. The van der Waals surface area contributed by atoms with Crippen molar-refractivity contribution in [2.24, 2.45) is 0 Å². The Kier molecular flexibility index (Phi) is 4.47. The molecule has 0 radical (unpaired) electrons. The van der Waals surface area contributed by atoms with Gasteiger partial charge in [-0.1, -0.05) is 6.92 Å².